The highest BCUT2D eigenvalue weighted by Gasteiger charge is 2.07. The molecule has 0 spiro atoms. The fourth-order valence-electron chi connectivity index (χ4n) is 2.17. The van der Waals surface area contributed by atoms with E-state index in [1.807, 2.05) is 0 Å². The van der Waals surface area contributed by atoms with Gasteiger partial charge in [-0.15, -0.1) is 0 Å². The monoisotopic (exact) mass is 340 g/mol. The van der Waals surface area contributed by atoms with E-state index in [1.54, 1.807) is 18.2 Å². The van der Waals surface area contributed by atoms with Crippen LogP contribution in [0, 0.1) is 5.82 Å². The van der Waals surface area contributed by atoms with Crippen molar-refractivity contribution in [2.24, 2.45) is 5.10 Å². The van der Waals surface area contributed by atoms with Crippen molar-refractivity contribution in [3.8, 4) is 5.75 Å². The van der Waals surface area contributed by atoms with Gasteiger partial charge in [-0.05, 0) is 42.5 Å². The number of hydrazone groups is 1. The largest absolute Gasteiger partial charge is 0.497 e. The maximum Gasteiger partial charge on any atom is 0.271 e. The Morgan fingerprint density at radius 3 is 2.72 bits per heavy atom. The third kappa shape index (κ3) is 3.55. The van der Waals surface area contributed by atoms with Gasteiger partial charge in [-0.1, -0.05) is 0 Å². The van der Waals surface area contributed by atoms with Crippen molar-refractivity contribution in [3.05, 3.63) is 75.9 Å². The van der Waals surface area contributed by atoms with Crippen LogP contribution in [0.4, 0.5) is 4.39 Å². The Balaban J connectivity index is 1.81. The fraction of sp³-hybridized carbons (Fsp3) is 0.0556. The number of amides is 1. The summed E-state index contributed by atoms with van der Waals surface area (Å²) in [5.74, 6) is -0.439. The second kappa shape index (κ2) is 6.96. The van der Waals surface area contributed by atoms with E-state index >= 15 is 0 Å². The van der Waals surface area contributed by atoms with Gasteiger partial charge in [0.15, 0.2) is 0 Å². The Morgan fingerprint density at radius 2 is 2.00 bits per heavy atom. The quantitative estimate of drug-likeness (QED) is 0.585. The lowest BCUT2D eigenvalue weighted by atomic mass is 10.2. The van der Waals surface area contributed by atoms with Gasteiger partial charge in [0.1, 0.15) is 23.4 Å². The van der Waals surface area contributed by atoms with E-state index in [4.69, 9.17) is 9.15 Å². The molecule has 3 rings (SSSR count). The molecular formula is C18H13FN2O4. The number of fused-ring (bicyclic) bond motifs is 1. The van der Waals surface area contributed by atoms with Crippen LogP contribution in [0.2, 0.25) is 0 Å². The van der Waals surface area contributed by atoms with E-state index < -0.39 is 11.7 Å². The zero-order chi connectivity index (χ0) is 17.8. The molecule has 0 aliphatic carbocycles. The van der Waals surface area contributed by atoms with E-state index in [1.165, 1.54) is 43.9 Å². The van der Waals surface area contributed by atoms with E-state index in [0.717, 1.165) is 0 Å². The zero-order valence-corrected chi connectivity index (χ0v) is 13.2. The predicted molar refractivity (Wildman–Crippen MR) is 90.5 cm³/mol. The summed E-state index contributed by atoms with van der Waals surface area (Å²) in [5.41, 5.74) is 2.79. The number of hydrogen-bond acceptors (Lipinski definition) is 5. The van der Waals surface area contributed by atoms with Crippen LogP contribution < -0.4 is 15.6 Å². The summed E-state index contributed by atoms with van der Waals surface area (Å²) < 4.78 is 23.3. The number of methoxy groups -OCH3 is 1. The third-order valence-electron chi connectivity index (χ3n) is 3.48. The molecule has 1 N–H and O–H groups in total. The Morgan fingerprint density at radius 1 is 1.24 bits per heavy atom. The average molecular weight is 340 g/mol. The minimum Gasteiger partial charge on any atom is -0.497 e. The van der Waals surface area contributed by atoms with Crippen molar-refractivity contribution >= 4 is 23.1 Å². The molecule has 1 amide bonds. The molecule has 7 heteroatoms. The van der Waals surface area contributed by atoms with Gasteiger partial charge in [-0.3, -0.25) is 9.59 Å². The van der Waals surface area contributed by atoms with E-state index in [9.17, 15) is 14.0 Å². The second-order valence-electron chi connectivity index (χ2n) is 5.09. The Labute approximate surface area is 141 Å². The van der Waals surface area contributed by atoms with Crippen LogP contribution in [0.25, 0.3) is 11.0 Å². The SMILES string of the molecule is COc1ccc2occ(/C=N/NC(=O)c3ccc(F)cc3)c(=O)c2c1. The van der Waals surface area contributed by atoms with Crippen LogP contribution in [0.1, 0.15) is 15.9 Å². The lowest BCUT2D eigenvalue weighted by Crippen LogP contribution is -2.18. The maximum absolute atomic E-state index is 12.8. The summed E-state index contributed by atoms with van der Waals surface area (Å²) in [5, 5.41) is 4.08. The first-order valence-electron chi connectivity index (χ1n) is 7.27. The smallest absolute Gasteiger partial charge is 0.271 e. The number of nitrogens with zero attached hydrogens (tertiary/aromatic N) is 1. The van der Waals surface area contributed by atoms with E-state index in [2.05, 4.69) is 10.5 Å². The van der Waals surface area contributed by atoms with Gasteiger partial charge in [-0.25, -0.2) is 9.82 Å². The molecule has 126 valence electrons. The summed E-state index contributed by atoms with van der Waals surface area (Å²) in [7, 11) is 1.50. The van der Waals surface area contributed by atoms with Gasteiger partial charge in [0.05, 0.1) is 24.3 Å². The van der Waals surface area contributed by atoms with Crippen molar-refractivity contribution in [2.45, 2.75) is 0 Å². The molecule has 0 aliphatic heterocycles. The van der Waals surface area contributed by atoms with Crippen molar-refractivity contribution < 1.29 is 18.3 Å². The van der Waals surface area contributed by atoms with Crippen LogP contribution in [0.5, 0.6) is 5.75 Å². The molecule has 0 radical (unpaired) electrons. The summed E-state index contributed by atoms with van der Waals surface area (Å²) in [6.45, 7) is 0. The molecule has 0 unspecified atom stereocenters. The third-order valence-corrected chi connectivity index (χ3v) is 3.48. The molecule has 2 aromatic carbocycles. The highest BCUT2D eigenvalue weighted by atomic mass is 19.1. The van der Waals surface area contributed by atoms with Crippen LogP contribution in [-0.2, 0) is 0 Å². The molecule has 0 aliphatic rings. The molecule has 0 saturated carbocycles. The van der Waals surface area contributed by atoms with Gasteiger partial charge >= 0.3 is 0 Å². The lowest BCUT2D eigenvalue weighted by molar-refractivity contribution is 0.0955. The van der Waals surface area contributed by atoms with Gasteiger partial charge in [0.25, 0.3) is 5.91 Å². The lowest BCUT2D eigenvalue weighted by Gasteiger charge is -2.02. The number of halogens is 1. The number of hydrogen-bond donors (Lipinski definition) is 1. The van der Waals surface area contributed by atoms with Crippen LogP contribution in [-0.4, -0.2) is 19.2 Å². The van der Waals surface area contributed by atoms with Gasteiger partial charge < -0.3 is 9.15 Å². The highest BCUT2D eigenvalue weighted by molar-refractivity contribution is 5.95. The molecule has 25 heavy (non-hydrogen) atoms. The average Bonchev–Trinajstić information content (AvgIpc) is 2.64. The maximum atomic E-state index is 12.8. The van der Waals surface area contributed by atoms with Gasteiger partial charge in [0, 0.05) is 5.56 Å². The Bertz CT molecular complexity index is 1010. The normalized spacial score (nSPS) is 11.0. The second-order valence-corrected chi connectivity index (χ2v) is 5.09. The first-order valence-corrected chi connectivity index (χ1v) is 7.27. The predicted octanol–water partition coefficient (Wildman–Crippen LogP) is 2.70. The van der Waals surface area contributed by atoms with Gasteiger partial charge in [-0.2, -0.15) is 5.10 Å². The topological polar surface area (TPSA) is 80.9 Å². The standard InChI is InChI=1S/C18H13FN2O4/c1-24-14-6-7-16-15(8-14)17(22)12(10-25-16)9-20-21-18(23)11-2-4-13(19)5-3-11/h2-10H,1H3,(H,21,23)/b20-9+. The van der Waals surface area contributed by atoms with Crippen LogP contribution in [0.15, 0.2) is 63.0 Å². The number of rotatable bonds is 4. The molecule has 1 heterocycles. The van der Waals surface area contributed by atoms with E-state index in [0.29, 0.717) is 16.7 Å². The zero-order valence-electron chi connectivity index (χ0n) is 13.2. The molecule has 0 fully saturated rings. The summed E-state index contributed by atoms with van der Waals surface area (Å²) >= 11 is 0. The first-order chi connectivity index (χ1) is 12.1. The fourth-order valence-corrected chi connectivity index (χ4v) is 2.17. The van der Waals surface area contributed by atoms with Crippen LogP contribution >= 0.6 is 0 Å². The summed E-state index contributed by atoms with van der Waals surface area (Å²) in [4.78, 5) is 24.3. The number of nitrogens with one attached hydrogen (secondary N) is 1. The Hall–Kier alpha value is -3.48. The molecule has 3 aromatic rings. The van der Waals surface area contributed by atoms with Crippen LogP contribution in [0.3, 0.4) is 0 Å². The van der Waals surface area contributed by atoms with Crippen molar-refractivity contribution in [1.29, 1.82) is 0 Å². The summed E-state index contributed by atoms with van der Waals surface area (Å²) in [6.07, 6.45) is 2.44. The number of carbonyl (C=O) groups is 1. The molecule has 0 bridgehead atoms. The highest BCUT2D eigenvalue weighted by Crippen LogP contribution is 2.18. The van der Waals surface area contributed by atoms with Gasteiger partial charge in [0.2, 0.25) is 5.43 Å². The molecule has 6 nitrogen and oxygen atoms in total. The summed E-state index contributed by atoms with van der Waals surface area (Å²) in [6, 6.07) is 9.88. The minimum absolute atomic E-state index is 0.167. The molecule has 0 atom stereocenters. The van der Waals surface area contributed by atoms with Crippen molar-refractivity contribution in [1.82, 2.24) is 5.43 Å². The number of carbonyl (C=O) groups excluding carboxylic acids is 1. The number of benzene rings is 2. The molecule has 0 saturated heterocycles. The minimum atomic E-state index is -0.525. The van der Waals surface area contributed by atoms with E-state index in [-0.39, 0.29) is 16.6 Å². The van der Waals surface area contributed by atoms with Crippen molar-refractivity contribution in [2.75, 3.05) is 7.11 Å². The molecule has 1 aromatic heterocycles. The molecular weight excluding hydrogens is 327 g/mol. The number of ether oxygens (including phenoxy) is 1. The Kier molecular flexibility index (Phi) is 4.56. The first kappa shape index (κ1) is 16.4. The van der Waals surface area contributed by atoms with Crippen molar-refractivity contribution in [3.63, 3.8) is 0 Å².